The second kappa shape index (κ2) is 7.03. The Morgan fingerprint density at radius 2 is 1.96 bits per heavy atom. The lowest BCUT2D eigenvalue weighted by Gasteiger charge is -2.20. The summed E-state index contributed by atoms with van der Waals surface area (Å²) in [6.07, 6.45) is 3.25. The van der Waals surface area contributed by atoms with E-state index in [1.165, 1.54) is 10.6 Å². The zero-order valence-corrected chi connectivity index (χ0v) is 16.6. The van der Waals surface area contributed by atoms with Crippen molar-refractivity contribution >= 4 is 44.2 Å². The van der Waals surface area contributed by atoms with Gasteiger partial charge < -0.3 is 5.32 Å². The zero-order valence-electron chi connectivity index (χ0n) is 15.0. The molecule has 3 heterocycles. The fourth-order valence-electron chi connectivity index (χ4n) is 3.19. The maximum Gasteiger partial charge on any atom is 0.286 e. The minimum atomic E-state index is -3.95. The summed E-state index contributed by atoms with van der Waals surface area (Å²) in [7, 11) is -3.95. The summed E-state index contributed by atoms with van der Waals surface area (Å²) in [4.78, 5) is 17.6. The van der Waals surface area contributed by atoms with Crippen LogP contribution in [0.1, 0.15) is 25.3 Å². The number of hydrogen-bond donors (Lipinski definition) is 1. The third kappa shape index (κ3) is 2.98. The van der Waals surface area contributed by atoms with Gasteiger partial charge in [0.1, 0.15) is 16.1 Å². The molecule has 0 fully saturated rings. The Labute approximate surface area is 166 Å². The molecule has 0 bridgehead atoms. The van der Waals surface area contributed by atoms with E-state index in [0.717, 1.165) is 12.8 Å². The van der Waals surface area contributed by atoms with E-state index in [9.17, 15) is 13.2 Å². The maximum atomic E-state index is 13.3. The van der Waals surface area contributed by atoms with Crippen molar-refractivity contribution in [3.8, 4) is 0 Å². The topological polar surface area (TPSA) is 93.4 Å². The first-order valence-corrected chi connectivity index (χ1v) is 10.6. The van der Waals surface area contributed by atoms with E-state index in [-0.39, 0.29) is 21.3 Å². The molecule has 7 nitrogen and oxygen atoms in total. The van der Waals surface area contributed by atoms with Gasteiger partial charge in [-0.2, -0.15) is 8.42 Å². The Morgan fingerprint density at radius 3 is 2.75 bits per heavy atom. The molecule has 0 unspecified atom stereocenters. The van der Waals surface area contributed by atoms with Gasteiger partial charge in [0.25, 0.3) is 15.6 Å². The van der Waals surface area contributed by atoms with Gasteiger partial charge in [-0.05, 0) is 30.7 Å². The number of unbranched alkanes of at least 4 members (excludes halogenated alkanes) is 1. The molecule has 1 aliphatic heterocycles. The summed E-state index contributed by atoms with van der Waals surface area (Å²) in [6, 6.07) is 9.87. The molecule has 2 aromatic heterocycles. The van der Waals surface area contributed by atoms with Gasteiger partial charge in [0, 0.05) is 18.1 Å². The number of halogens is 1. The van der Waals surface area contributed by atoms with Gasteiger partial charge in [0.05, 0.1) is 10.7 Å². The van der Waals surface area contributed by atoms with Crippen molar-refractivity contribution in [1.82, 2.24) is 9.55 Å². The van der Waals surface area contributed by atoms with Crippen LogP contribution in [0.15, 0.2) is 56.7 Å². The number of aromatic nitrogens is 2. The number of anilines is 1. The fraction of sp³-hybridized carbons (Fsp3) is 0.211. The van der Waals surface area contributed by atoms with Gasteiger partial charge >= 0.3 is 0 Å². The number of nitrogens with one attached hydrogen (secondary N) is 1. The van der Waals surface area contributed by atoms with Gasteiger partial charge in [0.2, 0.25) is 0 Å². The van der Waals surface area contributed by atoms with Gasteiger partial charge in [-0.15, -0.1) is 4.40 Å². The number of sulfonamides is 1. The van der Waals surface area contributed by atoms with Crippen LogP contribution < -0.4 is 10.9 Å². The standard InChI is InChI=1S/C19H17ClN4O3S/c1-2-3-11-24-18-12(7-6-10-21-18)16(20)15(19(24)25)17-22-13-8-4-5-9-14(13)28(26,27)23-17/h4-10H,2-3,11H2,1H3,(H,22,23). The summed E-state index contributed by atoms with van der Waals surface area (Å²) in [5.41, 5.74) is 0.422. The summed E-state index contributed by atoms with van der Waals surface area (Å²) < 4.78 is 30.6. The highest BCUT2D eigenvalue weighted by Crippen LogP contribution is 2.31. The van der Waals surface area contributed by atoms with Crippen LogP contribution in [0.3, 0.4) is 0 Å². The third-order valence-electron chi connectivity index (χ3n) is 4.56. The van der Waals surface area contributed by atoms with Crippen LogP contribution in [-0.4, -0.2) is 23.8 Å². The lowest BCUT2D eigenvalue weighted by Crippen LogP contribution is -2.33. The summed E-state index contributed by atoms with van der Waals surface area (Å²) in [5, 5.41) is 3.64. The van der Waals surface area contributed by atoms with Crippen LogP contribution in [0.5, 0.6) is 0 Å². The first-order chi connectivity index (χ1) is 13.4. The van der Waals surface area contributed by atoms with Crippen molar-refractivity contribution in [3.63, 3.8) is 0 Å². The highest BCUT2D eigenvalue weighted by molar-refractivity contribution is 7.90. The number of aryl methyl sites for hydroxylation is 1. The Morgan fingerprint density at radius 1 is 1.18 bits per heavy atom. The fourth-order valence-corrected chi connectivity index (χ4v) is 4.64. The molecule has 28 heavy (non-hydrogen) atoms. The second-order valence-electron chi connectivity index (χ2n) is 6.41. The molecule has 1 aliphatic rings. The number of benzene rings is 1. The van der Waals surface area contributed by atoms with E-state index in [2.05, 4.69) is 14.7 Å². The minimum Gasteiger partial charge on any atom is -0.338 e. The molecule has 9 heteroatoms. The first-order valence-electron chi connectivity index (χ1n) is 8.82. The number of para-hydroxylation sites is 1. The molecular formula is C19H17ClN4O3S. The van der Waals surface area contributed by atoms with Crippen molar-refractivity contribution in [2.75, 3.05) is 5.32 Å². The number of hydrogen-bond acceptors (Lipinski definition) is 5. The zero-order chi connectivity index (χ0) is 19.9. The lowest BCUT2D eigenvalue weighted by molar-refractivity contribution is 0.598. The van der Waals surface area contributed by atoms with Crippen LogP contribution in [-0.2, 0) is 16.6 Å². The molecule has 4 rings (SSSR count). The van der Waals surface area contributed by atoms with E-state index in [1.807, 2.05) is 6.92 Å². The molecule has 0 saturated carbocycles. The Bertz CT molecular complexity index is 1280. The van der Waals surface area contributed by atoms with Crippen LogP contribution in [0.2, 0.25) is 5.02 Å². The van der Waals surface area contributed by atoms with Crippen molar-refractivity contribution in [3.05, 3.63) is 63.5 Å². The van der Waals surface area contributed by atoms with Gasteiger partial charge in [-0.1, -0.05) is 37.1 Å². The Kier molecular flexibility index (Phi) is 4.68. The number of fused-ring (bicyclic) bond motifs is 2. The molecule has 0 spiro atoms. The second-order valence-corrected chi connectivity index (χ2v) is 8.36. The van der Waals surface area contributed by atoms with Crippen molar-refractivity contribution in [2.45, 2.75) is 31.2 Å². The maximum absolute atomic E-state index is 13.3. The monoisotopic (exact) mass is 416 g/mol. The molecule has 144 valence electrons. The normalized spacial score (nSPS) is 15.0. The summed E-state index contributed by atoms with van der Waals surface area (Å²) >= 11 is 6.54. The molecular weight excluding hydrogens is 400 g/mol. The van der Waals surface area contributed by atoms with Crippen molar-refractivity contribution in [1.29, 1.82) is 0 Å². The molecule has 0 radical (unpaired) electrons. The molecule has 1 aromatic carbocycles. The van der Waals surface area contributed by atoms with Crippen LogP contribution in [0.25, 0.3) is 11.0 Å². The number of amidine groups is 1. The van der Waals surface area contributed by atoms with Crippen molar-refractivity contribution in [2.24, 2.45) is 4.40 Å². The molecule has 0 aliphatic carbocycles. The van der Waals surface area contributed by atoms with Crippen molar-refractivity contribution < 1.29 is 8.42 Å². The average Bonchev–Trinajstić information content (AvgIpc) is 2.68. The van der Waals surface area contributed by atoms with Gasteiger partial charge in [0.15, 0.2) is 5.84 Å². The molecule has 0 amide bonds. The molecule has 0 atom stereocenters. The van der Waals surface area contributed by atoms with Gasteiger partial charge in [-0.3, -0.25) is 9.36 Å². The van der Waals surface area contributed by atoms with E-state index < -0.39 is 15.6 Å². The van der Waals surface area contributed by atoms with Crippen LogP contribution >= 0.6 is 11.6 Å². The van der Waals surface area contributed by atoms with E-state index in [0.29, 0.717) is 23.3 Å². The highest BCUT2D eigenvalue weighted by atomic mass is 35.5. The number of rotatable bonds is 4. The SMILES string of the molecule is CCCCn1c(=O)c(C2=NS(=O)(=O)c3ccccc3N2)c(Cl)c2cccnc21. The van der Waals surface area contributed by atoms with E-state index >= 15 is 0 Å². The Balaban J connectivity index is 2.00. The predicted octanol–water partition coefficient (Wildman–Crippen LogP) is 3.41. The summed E-state index contributed by atoms with van der Waals surface area (Å²) in [5.74, 6) is -0.0790. The molecule has 3 aromatic rings. The number of nitrogens with zero attached hydrogens (tertiary/aromatic N) is 3. The quantitative estimate of drug-likeness (QED) is 0.703. The predicted molar refractivity (Wildman–Crippen MR) is 110 cm³/mol. The Hall–Kier alpha value is -2.71. The van der Waals surface area contributed by atoms with Crippen LogP contribution in [0, 0.1) is 0 Å². The smallest absolute Gasteiger partial charge is 0.286 e. The molecule has 0 saturated heterocycles. The van der Waals surface area contributed by atoms with Crippen LogP contribution in [0.4, 0.5) is 5.69 Å². The highest BCUT2D eigenvalue weighted by Gasteiger charge is 2.29. The average molecular weight is 417 g/mol. The molecule has 1 N–H and O–H groups in total. The largest absolute Gasteiger partial charge is 0.338 e. The first kappa shape index (κ1) is 18.6. The summed E-state index contributed by atoms with van der Waals surface area (Å²) in [6.45, 7) is 2.47. The third-order valence-corrected chi connectivity index (χ3v) is 6.29. The minimum absolute atomic E-state index is 0.0244. The van der Waals surface area contributed by atoms with E-state index in [4.69, 9.17) is 11.6 Å². The lowest BCUT2D eigenvalue weighted by atomic mass is 10.1. The van der Waals surface area contributed by atoms with E-state index in [1.54, 1.807) is 36.5 Å². The number of pyridine rings is 2. The van der Waals surface area contributed by atoms with Gasteiger partial charge in [-0.25, -0.2) is 4.98 Å².